The van der Waals surface area contributed by atoms with E-state index < -0.39 is 0 Å². The highest BCUT2D eigenvalue weighted by Crippen LogP contribution is 2.42. The normalized spacial score (nSPS) is 20.4. The van der Waals surface area contributed by atoms with Crippen molar-refractivity contribution < 1.29 is 9.13 Å². The Morgan fingerprint density at radius 2 is 2.00 bits per heavy atom. The van der Waals surface area contributed by atoms with Gasteiger partial charge >= 0.3 is 0 Å². The lowest BCUT2D eigenvalue weighted by Crippen LogP contribution is -2.46. The topological polar surface area (TPSA) is 47.3 Å². The third kappa shape index (κ3) is 2.20. The second-order valence-electron chi connectivity index (χ2n) is 4.60. The molecule has 0 radical (unpaired) electrons. The molecule has 1 aliphatic rings. The Morgan fingerprint density at radius 3 is 2.53 bits per heavy atom. The number of rotatable bonds is 4. The fourth-order valence-electron chi connectivity index (χ4n) is 2.82. The first kappa shape index (κ1) is 12.5. The Hall–Kier alpha value is -0.970. The van der Waals surface area contributed by atoms with E-state index in [9.17, 15) is 4.39 Å². The molecule has 0 saturated heterocycles. The van der Waals surface area contributed by atoms with Crippen molar-refractivity contribution in [2.24, 2.45) is 5.84 Å². The van der Waals surface area contributed by atoms with Crippen LogP contribution < -0.4 is 11.3 Å². The van der Waals surface area contributed by atoms with E-state index in [1.807, 2.05) is 6.07 Å². The standard InChI is InChI=1S/C13H19FN2O/c1-17-13(8-4-5-9-13)12(16-15)10-6-2-3-7-11(10)14/h2-3,6-7,12,16H,4-5,8-9,15H2,1H3. The van der Waals surface area contributed by atoms with Crippen LogP contribution in [0.25, 0.3) is 0 Å². The lowest BCUT2D eigenvalue weighted by Gasteiger charge is -2.36. The summed E-state index contributed by atoms with van der Waals surface area (Å²) in [4.78, 5) is 0. The smallest absolute Gasteiger partial charge is 0.128 e. The molecule has 0 aromatic heterocycles. The van der Waals surface area contributed by atoms with Crippen molar-refractivity contribution in [3.63, 3.8) is 0 Å². The molecule has 0 heterocycles. The molecule has 0 aliphatic heterocycles. The molecule has 0 amide bonds. The van der Waals surface area contributed by atoms with Crippen molar-refractivity contribution in [1.82, 2.24) is 5.43 Å². The van der Waals surface area contributed by atoms with Crippen molar-refractivity contribution in [1.29, 1.82) is 0 Å². The first-order valence-corrected chi connectivity index (χ1v) is 5.99. The summed E-state index contributed by atoms with van der Waals surface area (Å²) in [7, 11) is 1.68. The van der Waals surface area contributed by atoms with Crippen LogP contribution in [0.4, 0.5) is 4.39 Å². The van der Waals surface area contributed by atoms with Crippen LogP contribution in [0, 0.1) is 5.82 Å². The number of nitrogens with two attached hydrogens (primary N) is 1. The van der Waals surface area contributed by atoms with E-state index in [0.717, 1.165) is 25.7 Å². The molecule has 2 rings (SSSR count). The molecule has 17 heavy (non-hydrogen) atoms. The summed E-state index contributed by atoms with van der Waals surface area (Å²) >= 11 is 0. The quantitative estimate of drug-likeness (QED) is 0.625. The lowest BCUT2D eigenvalue weighted by atomic mass is 9.87. The van der Waals surface area contributed by atoms with E-state index in [0.29, 0.717) is 5.56 Å². The zero-order valence-corrected chi connectivity index (χ0v) is 10.1. The SMILES string of the molecule is COC1(C(NN)c2ccccc2F)CCCC1. The van der Waals surface area contributed by atoms with E-state index >= 15 is 0 Å². The van der Waals surface area contributed by atoms with Crippen LogP contribution in [0.5, 0.6) is 0 Å². The van der Waals surface area contributed by atoms with Crippen LogP contribution in [0.15, 0.2) is 24.3 Å². The van der Waals surface area contributed by atoms with Crippen molar-refractivity contribution in [3.8, 4) is 0 Å². The van der Waals surface area contributed by atoms with Gasteiger partial charge in [-0.15, -0.1) is 0 Å². The Bertz CT molecular complexity index is 377. The lowest BCUT2D eigenvalue weighted by molar-refractivity contribution is -0.0377. The van der Waals surface area contributed by atoms with E-state index in [4.69, 9.17) is 10.6 Å². The molecule has 1 aromatic rings. The number of hydrazine groups is 1. The highest BCUT2D eigenvalue weighted by atomic mass is 19.1. The van der Waals surface area contributed by atoms with E-state index in [1.165, 1.54) is 6.07 Å². The maximum absolute atomic E-state index is 13.8. The molecule has 3 nitrogen and oxygen atoms in total. The minimum Gasteiger partial charge on any atom is -0.376 e. The molecule has 1 saturated carbocycles. The third-order valence-corrected chi connectivity index (χ3v) is 3.77. The van der Waals surface area contributed by atoms with Crippen molar-refractivity contribution in [2.45, 2.75) is 37.3 Å². The molecule has 4 heteroatoms. The number of hydrogen-bond acceptors (Lipinski definition) is 3. The molecule has 1 aliphatic carbocycles. The minimum absolute atomic E-state index is 0.237. The van der Waals surface area contributed by atoms with Gasteiger partial charge < -0.3 is 4.74 Å². The molecule has 1 aromatic carbocycles. The fraction of sp³-hybridized carbons (Fsp3) is 0.538. The molecule has 0 bridgehead atoms. The van der Waals surface area contributed by atoms with Crippen molar-refractivity contribution >= 4 is 0 Å². The summed E-state index contributed by atoms with van der Waals surface area (Å²) in [5.41, 5.74) is 2.93. The average molecular weight is 238 g/mol. The molecule has 1 unspecified atom stereocenters. The number of halogens is 1. The predicted octanol–water partition coefficient (Wildman–Crippen LogP) is 2.29. The van der Waals surface area contributed by atoms with E-state index in [-0.39, 0.29) is 17.5 Å². The first-order chi connectivity index (χ1) is 8.23. The van der Waals surface area contributed by atoms with Crippen LogP contribution in [0.3, 0.4) is 0 Å². The van der Waals surface area contributed by atoms with Gasteiger partial charge in [-0.05, 0) is 18.9 Å². The minimum atomic E-state index is -0.378. The molecule has 1 atom stereocenters. The number of ether oxygens (including phenoxy) is 1. The second-order valence-corrected chi connectivity index (χ2v) is 4.60. The monoisotopic (exact) mass is 238 g/mol. The van der Waals surface area contributed by atoms with Gasteiger partial charge in [0.05, 0.1) is 11.6 Å². The fourth-order valence-corrected chi connectivity index (χ4v) is 2.82. The Kier molecular flexibility index (Phi) is 3.76. The summed E-state index contributed by atoms with van der Waals surface area (Å²) in [5, 5.41) is 0. The summed E-state index contributed by atoms with van der Waals surface area (Å²) in [6.07, 6.45) is 4.01. The molecule has 3 N–H and O–H groups in total. The van der Waals surface area contributed by atoms with Gasteiger partial charge in [-0.1, -0.05) is 31.0 Å². The summed E-state index contributed by atoms with van der Waals surface area (Å²) < 4.78 is 19.5. The highest BCUT2D eigenvalue weighted by Gasteiger charge is 2.42. The molecule has 94 valence electrons. The van der Waals surface area contributed by atoms with Gasteiger partial charge in [-0.2, -0.15) is 0 Å². The Labute approximate surface area is 101 Å². The maximum atomic E-state index is 13.8. The average Bonchev–Trinajstić information content (AvgIpc) is 2.82. The molecule has 0 spiro atoms. The number of methoxy groups -OCH3 is 1. The summed E-state index contributed by atoms with van der Waals surface area (Å²) in [6, 6.07) is 6.43. The van der Waals surface area contributed by atoms with Gasteiger partial charge in [-0.3, -0.25) is 5.84 Å². The second kappa shape index (κ2) is 5.12. The Morgan fingerprint density at radius 1 is 1.35 bits per heavy atom. The summed E-state index contributed by atoms with van der Waals surface area (Å²) in [5.74, 6) is 5.38. The van der Waals surface area contributed by atoms with Crippen molar-refractivity contribution in [2.75, 3.05) is 7.11 Å². The van der Waals surface area contributed by atoms with Gasteiger partial charge in [0.25, 0.3) is 0 Å². The van der Waals surface area contributed by atoms with Gasteiger partial charge in [0.2, 0.25) is 0 Å². The molecular weight excluding hydrogens is 219 g/mol. The van der Waals surface area contributed by atoms with Crippen LogP contribution in [-0.2, 0) is 4.74 Å². The van der Waals surface area contributed by atoms with Crippen LogP contribution in [0.2, 0.25) is 0 Å². The Balaban J connectivity index is 2.36. The van der Waals surface area contributed by atoms with Crippen molar-refractivity contribution in [3.05, 3.63) is 35.6 Å². The van der Waals surface area contributed by atoms with Gasteiger partial charge in [0.1, 0.15) is 5.82 Å². The van der Waals surface area contributed by atoms with Crippen LogP contribution in [0.1, 0.15) is 37.3 Å². The zero-order chi connectivity index (χ0) is 12.3. The molecular formula is C13H19FN2O. The van der Waals surface area contributed by atoms with Crippen LogP contribution in [-0.4, -0.2) is 12.7 Å². The van der Waals surface area contributed by atoms with Gasteiger partial charge in [0.15, 0.2) is 0 Å². The highest BCUT2D eigenvalue weighted by molar-refractivity contribution is 5.24. The third-order valence-electron chi connectivity index (χ3n) is 3.77. The summed E-state index contributed by atoms with van der Waals surface area (Å²) in [6.45, 7) is 0. The predicted molar refractivity (Wildman–Crippen MR) is 64.7 cm³/mol. The first-order valence-electron chi connectivity index (χ1n) is 5.99. The van der Waals surface area contributed by atoms with Gasteiger partial charge in [0, 0.05) is 12.7 Å². The number of hydrogen-bond donors (Lipinski definition) is 2. The zero-order valence-electron chi connectivity index (χ0n) is 10.1. The van der Waals surface area contributed by atoms with Crippen LogP contribution >= 0.6 is 0 Å². The number of benzene rings is 1. The van der Waals surface area contributed by atoms with E-state index in [2.05, 4.69) is 5.43 Å². The van der Waals surface area contributed by atoms with Gasteiger partial charge in [-0.25, -0.2) is 9.82 Å². The number of nitrogens with one attached hydrogen (secondary N) is 1. The largest absolute Gasteiger partial charge is 0.376 e. The van der Waals surface area contributed by atoms with E-state index in [1.54, 1.807) is 19.2 Å². The maximum Gasteiger partial charge on any atom is 0.128 e. The molecule has 1 fully saturated rings.